The second kappa shape index (κ2) is 7.43. The molecule has 6 nitrogen and oxygen atoms in total. The van der Waals surface area contributed by atoms with Gasteiger partial charge in [0.05, 0.1) is 18.8 Å². The molecule has 6 heteroatoms. The molecule has 1 aromatic carbocycles. The maximum atomic E-state index is 13.3. The first-order chi connectivity index (χ1) is 13.4. The van der Waals surface area contributed by atoms with E-state index in [1.165, 1.54) is 0 Å². The third-order valence-electron chi connectivity index (χ3n) is 6.43. The summed E-state index contributed by atoms with van der Waals surface area (Å²) in [5.41, 5.74) is -0.510. The first-order valence-corrected chi connectivity index (χ1v) is 10.0. The van der Waals surface area contributed by atoms with Gasteiger partial charge < -0.3 is 14.7 Å². The Hall–Kier alpha value is -2.02. The highest BCUT2D eigenvalue weighted by molar-refractivity contribution is 6.06. The highest BCUT2D eigenvalue weighted by Crippen LogP contribution is 2.40. The summed E-state index contributed by atoms with van der Waals surface area (Å²) in [5, 5.41) is 13.4. The van der Waals surface area contributed by atoms with Gasteiger partial charge in [0.2, 0.25) is 0 Å². The van der Waals surface area contributed by atoms with Crippen molar-refractivity contribution in [3.63, 3.8) is 0 Å². The molecule has 1 N–H and O–H groups in total. The number of hydrogen-bond acceptors (Lipinski definition) is 5. The number of aromatic nitrogens is 1. The SMILES string of the molecule is CC1(C)CN(C(=O)c2cccc3cnccc23)CC[C@@]1(O)CN1CCOCC1. The number of piperidine rings is 1. The predicted molar refractivity (Wildman–Crippen MR) is 108 cm³/mol. The van der Waals surface area contributed by atoms with Crippen LogP contribution in [-0.4, -0.2) is 77.3 Å². The fraction of sp³-hybridized carbons (Fsp3) is 0.545. The lowest BCUT2D eigenvalue weighted by atomic mass is 9.69. The minimum atomic E-state index is -0.816. The molecule has 2 aliphatic rings. The van der Waals surface area contributed by atoms with Gasteiger partial charge in [0.25, 0.3) is 5.91 Å². The fourth-order valence-corrected chi connectivity index (χ4v) is 4.44. The smallest absolute Gasteiger partial charge is 0.254 e. The quantitative estimate of drug-likeness (QED) is 0.880. The molecule has 0 spiro atoms. The molecule has 0 radical (unpaired) electrons. The van der Waals surface area contributed by atoms with E-state index in [9.17, 15) is 9.90 Å². The molecule has 1 atom stereocenters. The summed E-state index contributed by atoms with van der Waals surface area (Å²) in [5.74, 6) is 0.0262. The Morgan fingerprint density at radius 1 is 1.21 bits per heavy atom. The highest BCUT2D eigenvalue weighted by Gasteiger charge is 2.49. The van der Waals surface area contributed by atoms with Gasteiger partial charge in [-0.25, -0.2) is 0 Å². The first kappa shape index (κ1) is 19.3. The van der Waals surface area contributed by atoms with Crippen molar-refractivity contribution in [1.29, 1.82) is 0 Å². The summed E-state index contributed by atoms with van der Waals surface area (Å²) in [6.45, 7) is 9.01. The number of β-amino-alcohol motifs (C(OH)–C–C–N with tert-alkyl or cyclic N) is 1. The van der Waals surface area contributed by atoms with E-state index < -0.39 is 11.0 Å². The van der Waals surface area contributed by atoms with Gasteiger partial charge in [0, 0.05) is 61.5 Å². The van der Waals surface area contributed by atoms with Gasteiger partial charge >= 0.3 is 0 Å². The molecule has 2 aliphatic heterocycles. The van der Waals surface area contributed by atoms with Gasteiger partial charge in [-0.05, 0) is 23.9 Å². The molecule has 2 fully saturated rings. The van der Waals surface area contributed by atoms with E-state index in [1.807, 2.05) is 29.2 Å². The number of hydrogen-bond donors (Lipinski definition) is 1. The topological polar surface area (TPSA) is 65.9 Å². The molecule has 150 valence electrons. The molecular formula is C22H29N3O3. The third kappa shape index (κ3) is 3.52. The van der Waals surface area contributed by atoms with Crippen molar-refractivity contribution >= 4 is 16.7 Å². The van der Waals surface area contributed by atoms with Crippen LogP contribution in [0.2, 0.25) is 0 Å². The second-order valence-corrected chi connectivity index (χ2v) is 8.68. The van der Waals surface area contributed by atoms with Gasteiger partial charge in [-0.1, -0.05) is 26.0 Å². The van der Waals surface area contributed by atoms with E-state index in [1.54, 1.807) is 12.4 Å². The maximum Gasteiger partial charge on any atom is 0.254 e. The van der Waals surface area contributed by atoms with Crippen molar-refractivity contribution in [2.24, 2.45) is 5.41 Å². The molecule has 0 saturated carbocycles. The van der Waals surface area contributed by atoms with Crippen molar-refractivity contribution in [3.8, 4) is 0 Å². The normalized spacial score (nSPS) is 25.8. The molecule has 28 heavy (non-hydrogen) atoms. The van der Waals surface area contributed by atoms with Crippen molar-refractivity contribution in [2.45, 2.75) is 25.9 Å². The summed E-state index contributed by atoms with van der Waals surface area (Å²) < 4.78 is 5.43. The Balaban J connectivity index is 1.53. The minimum Gasteiger partial charge on any atom is -0.388 e. The maximum absolute atomic E-state index is 13.3. The Kier molecular flexibility index (Phi) is 5.12. The molecule has 2 aromatic rings. The number of amides is 1. The lowest BCUT2D eigenvalue weighted by Crippen LogP contribution is -2.63. The summed E-state index contributed by atoms with van der Waals surface area (Å²) >= 11 is 0. The Morgan fingerprint density at radius 3 is 2.75 bits per heavy atom. The molecule has 0 bridgehead atoms. The van der Waals surface area contributed by atoms with Crippen molar-refractivity contribution < 1.29 is 14.6 Å². The van der Waals surface area contributed by atoms with Gasteiger partial charge in [0.1, 0.15) is 0 Å². The molecule has 4 rings (SSSR count). The van der Waals surface area contributed by atoms with Crippen LogP contribution >= 0.6 is 0 Å². The van der Waals surface area contributed by atoms with Crippen molar-refractivity contribution in [1.82, 2.24) is 14.8 Å². The number of rotatable bonds is 3. The Morgan fingerprint density at radius 2 is 2.00 bits per heavy atom. The Bertz CT molecular complexity index is 858. The number of pyridine rings is 1. The number of nitrogens with zero attached hydrogens (tertiary/aromatic N) is 3. The van der Waals surface area contributed by atoms with Crippen LogP contribution < -0.4 is 0 Å². The largest absolute Gasteiger partial charge is 0.388 e. The van der Waals surface area contributed by atoms with E-state index >= 15 is 0 Å². The van der Waals surface area contributed by atoms with E-state index in [0.717, 1.165) is 37.1 Å². The number of morpholine rings is 1. The van der Waals surface area contributed by atoms with E-state index in [-0.39, 0.29) is 5.91 Å². The van der Waals surface area contributed by atoms with Crippen LogP contribution in [-0.2, 0) is 4.74 Å². The summed E-state index contributed by atoms with van der Waals surface area (Å²) in [7, 11) is 0. The molecule has 1 amide bonds. The lowest BCUT2D eigenvalue weighted by Gasteiger charge is -2.52. The molecule has 2 saturated heterocycles. The van der Waals surface area contributed by atoms with Gasteiger partial charge in [-0.2, -0.15) is 0 Å². The minimum absolute atomic E-state index is 0.0262. The number of carbonyl (C=O) groups is 1. The first-order valence-electron chi connectivity index (χ1n) is 10.0. The molecule has 3 heterocycles. The van der Waals surface area contributed by atoms with Crippen LogP contribution in [0, 0.1) is 5.41 Å². The third-order valence-corrected chi connectivity index (χ3v) is 6.43. The standard InChI is InChI=1S/C22H29N3O3/c1-21(2)15-25(9-7-22(21,27)16-24-10-12-28-13-11-24)20(26)19-5-3-4-17-14-23-8-6-18(17)19/h3-6,8,14,27H,7,9-13,15-16H2,1-2H3/t22-/m1/s1. The monoisotopic (exact) mass is 383 g/mol. The second-order valence-electron chi connectivity index (χ2n) is 8.68. The highest BCUT2D eigenvalue weighted by atomic mass is 16.5. The molecule has 0 unspecified atom stereocenters. The van der Waals surface area contributed by atoms with Crippen LogP contribution in [0.4, 0.5) is 0 Å². The zero-order valence-corrected chi connectivity index (χ0v) is 16.7. The molecular weight excluding hydrogens is 354 g/mol. The number of benzene rings is 1. The molecule has 0 aliphatic carbocycles. The number of fused-ring (bicyclic) bond motifs is 1. The fourth-order valence-electron chi connectivity index (χ4n) is 4.44. The van der Waals surface area contributed by atoms with E-state index in [2.05, 4.69) is 23.7 Å². The van der Waals surface area contributed by atoms with Crippen molar-refractivity contribution in [3.05, 3.63) is 42.2 Å². The van der Waals surface area contributed by atoms with Crippen molar-refractivity contribution in [2.75, 3.05) is 45.9 Å². The zero-order valence-electron chi connectivity index (χ0n) is 16.7. The van der Waals surface area contributed by atoms with Crippen LogP contribution in [0.25, 0.3) is 10.8 Å². The van der Waals surface area contributed by atoms with Crippen LogP contribution in [0.5, 0.6) is 0 Å². The van der Waals surface area contributed by atoms with Gasteiger partial charge in [-0.3, -0.25) is 14.7 Å². The average molecular weight is 383 g/mol. The summed E-state index contributed by atoms with van der Waals surface area (Å²) in [6, 6.07) is 7.65. The van der Waals surface area contributed by atoms with Gasteiger partial charge in [0.15, 0.2) is 0 Å². The zero-order chi connectivity index (χ0) is 19.8. The molecule has 1 aromatic heterocycles. The predicted octanol–water partition coefficient (Wildman–Crippen LogP) is 2.17. The average Bonchev–Trinajstić information content (AvgIpc) is 2.70. The van der Waals surface area contributed by atoms with Crippen LogP contribution in [0.15, 0.2) is 36.7 Å². The lowest BCUT2D eigenvalue weighted by molar-refractivity contribution is -0.133. The van der Waals surface area contributed by atoms with Crippen LogP contribution in [0.3, 0.4) is 0 Å². The van der Waals surface area contributed by atoms with E-state index in [0.29, 0.717) is 31.6 Å². The van der Waals surface area contributed by atoms with Gasteiger partial charge in [-0.15, -0.1) is 0 Å². The van der Waals surface area contributed by atoms with E-state index in [4.69, 9.17) is 4.74 Å². The number of aliphatic hydroxyl groups is 1. The number of likely N-dealkylation sites (tertiary alicyclic amines) is 1. The summed E-state index contributed by atoms with van der Waals surface area (Å²) in [4.78, 5) is 21.6. The van der Waals surface area contributed by atoms with Crippen LogP contribution in [0.1, 0.15) is 30.6 Å². The summed E-state index contributed by atoms with van der Waals surface area (Å²) in [6.07, 6.45) is 4.09. The Labute approximate surface area is 166 Å². The number of carbonyl (C=O) groups excluding carboxylic acids is 1. The number of ether oxygens (including phenoxy) is 1.